The molecule has 2 aromatic rings. The zero-order valence-corrected chi connectivity index (χ0v) is 18.7. The smallest absolute Gasteiger partial charge is 0.246 e. The molecular weight excluding hydrogens is 410 g/mol. The lowest BCUT2D eigenvalue weighted by atomic mass is 10.0. The first-order valence-electron chi connectivity index (χ1n) is 10.8. The number of hydrogen-bond donors (Lipinski definition) is 2. The number of halogens is 1. The fourth-order valence-electron chi connectivity index (χ4n) is 3.62. The molecule has 2 N–H and O–H groups in total. The Morgan fingerprint density at radius 2 is 1.58 bits per heavy atom. The highest BCUT2D eigenvalue weighted by Crippen LogP contribution is 2.17. The summed E-state index contributed by atoms with van der Waals surface area (Å²) in [5, 5.41) is 6.52. The van der Waals surface area contributed by atoms with Crippen molar-refractivity contribution in [2.45, 2.75) is 31.7 Å². The number of amides is 2. The van der Waals surface area contributed by atoms with E-state index in [1.54, 1.807) is 6.08 Å². The second kappa shape index (κ2) is 13.6. The largest absolute Gasteiger partial charge is 0.356 e. The fraction of sp³-hybridized carbons (Fsp3) is 0.360. The van der Waals surface area contributed by atoms with Gasteiger partial charge in [-0.15, -0.1) is 12.4 Å². The summed E-state index contributed by atoms with van der Waals surface area (Å²) >= 11 is 0. The minimum atomic E-state index is 0. The van der Waals surface area contributed by atoms with Gasteiger partial charge in [0.1, 0.15) is 0 Å². The average molecular weight is 442 g/mol. The minimum Gasteiger partial charge on any atom is -0.356 e. The molecule has 1 heterocycles. The SMILES string of the molecule is Cl.O=C1CC(c2ccccc2)NCCCCN(C(=O)C=Cc2ccccc2)CCCN1. The van der Waals surface area contributed by atoms with Crippen molar-refractivity contribution in [3.8, 4) is 0 Å². The zero-order chi connectivity index (χ0) is 21.0. The maximum Gasteiger partial charge on any atom is 0.246 e. The van der Waals surface area contributed by atoms with E-state index in [9.17, 15) is 9.59 Å². The summed E-state index contributed by atoms with van der Waals surface area (Å²) in [7, 11) is 0. The van der Waals surface area contributed by atoms with Crippen molar-refractivity contribution in [3.05, 3.63) is 77.9 Å². The number of rotatable bonds is 3. The van der Waals surface area contributed by atoms with E-state index >= 15 is 0 Å². The van der Waals surface area contributed by atoms with Crippen molar-refractivity contribution >= 4 is 30.3 Å². The summed E-state index contributed by atoms with van der Waals surface area (Å²) in [5.74, 6) is 0.0626. The summed E-state index contributed by atoms with van der Waals surface area (Å²) in [6, 6.07) is 20.0. The molecule has 0 saturated carbocycles. The Labute approximate surface area is 191 Å². The molecule has 1 fully saturated rings. The quantitative estimate of drug-likeness (QED) is 0.708. The fourth-order valence-corrected chi connectivity index (χ4v) is 3.62. The number of carbonyl (C=O) groups is 2. The van der Waals surface area contributed by atoms with Gasteiger partial charge in [-0.05, 0) is 43.0 Å². The van der Waals surface area contributed by atoms with Crippen LogP contribution in [0.4, 0.5) is 0 Å². The van der Waals surface area contributed by atoms with Gasteiger partial charge in [0.25, 0.3) is 0 Å². The van der Waals surface area contributed by atoms with Crippen LogP contribution >= 0.6 is 12.4 Å². The van der Waals surface area contributed by atoms with Gasteiger partial charge in [-0.3, -0.25) is 9.59 Å². The topological polar surface area (TPSA) is 61.4 Å². The van der Waals surface area contributed by atoms with Gasteiger partial charge in [0.2, 0.25) is 11.8 Å². The van der Waals surface area contributed by atoms with Gasteiger partial charge in [0, 0.05) is 38.2 Å². The maximum absolute atomic E-state index is 12.7. The Bertz CT molecular complexity index is 827. The standard InChI is InChI=1S/C25H31N3O2.ClH/c29-24-20-23(22-12-5-2-6-13-22)26-16-7-8-18-28(19-9-17-27-24)25(30)15-14-21-10-3-1-4-11-21;/h1-6,10-15,23,26H,7-9,16-20H2,(H,27,29);1H. The van der Waals surface area contributed by atoms with E-state index in [1.165, 1.54) is 0 Å². The van der Waals surface area contributed by atoms with Crippen molar-refractivity contribution < 1.29 is 9.59 Å². The Hall–Kier alpha value is -2.63. The molecular formula is C25H32ClN3O2. The first-order chi connectivity index (χ1) is 14.7. The molecule has 1 atom stereocenters. The van der Waals surface area contributed by atoms with Crippen molar-refractivity contribution in [2.24, 2.45) is 0 Å². The number of benzene rings is 2. The molecule has 2 amide bonds. The van der Waals surface area contributed by atoms with Crippen LogP contribution in [0.25, 0.3) is 6.08 Å². The molecule has 0 spiro atoms. The molecule has 6 heteroatoms. The predicted molar refractivity (Wildman–Crippen MR) is 128 cm³/mol. The molecule has 0 aliphatic carbocycles. The highest BCUT2D eigenvalue weighted by molar-refractivity contribution is 5.91. The van der Waals surface area contributed by atoms with Crippen LogP contribution in [0.5, 0.6) is 0 Å². The van der Waals surface area contributed by atoms with Crippen molar-refractivity contribution in [1.29, 1.82) is 0 Å². The number of hydrogen-bond acceptors (Lipinski definition) is 3. The molecule has 1 saturated heterocycles. The first-order valence-corrected chi connectivity index (χ1v) is 10.8. The van der Waals surface area contributed by atoms with E-state index in [0.29, 0.717) is 19.5 Å². The van der Waals surface area contributed by atoms with Gasteiger partial charge >= 0.3 is 0 Å². The summed E-state index contributed by atoms with van der Waals surface area (Å²) in [4.78, 5) is 27.0. The van der Waals surface area contributed by atoms with E-state index in [4.69, 9.17) is 0 Å². The molecule has 31 heavy (non-hydrogen) atoms. The molecule has 1 unspecified atom stereocenters. The lowest BCUT2D eigenvalue weighted by Crippen LogP contribution is -2.34. The minimum absolute atomic E-state index is 0. The maximum atomic E-state index is 12.7. The van der Waals surface area contributed by atoms with E-state index in [0.717, 1.165) is 43.5 Å². The van der Waals surface area contributed by atoms with Crippen LogP contribution in [0.15, 0.2) is 66.7 Å². The molecule has 2 aromatic carbocycles. The van der Waals surface area contributed by atoms with E-state index in [2.05, 4.69) is 22.8 Å². The van der Waals surface area contributed by atoms with Crippen LogP contribution in [-0.4, -0.2) is 42.9 Å². The molecule has 3 rings (SSSR count). The molecule has 1 aliphatic rings. The Morgan fingerprint density at radius 1 is 0.903 bits per heavy atom. The summed E-state index contributed by atoms with van der Waals surface area (Å²) in [6.45, 7) is 2.76. The number of nitrogens with zero attached hydrogens (tertiary/aromatic N) is 1. The number of carbonyl (C=O) groups excluding carboxylic acids is 2. The normalized spacial score (nSPS) is 18.8. The molecule has 1 aliphatic heterocycles. The zero-order valence-electron chi connectivity index (χ0n) is 17.8. The third kappa shape index (κ3) is 8.56. The van der Waals surface area contributed by atoms with Crippen LogP contribution < -0.4 is 10.6 Å². The average Bonchev–Trinajstić information content (AvgIpc) is 2.80. The predicted octanol–water partition coefficient (Wildman–Crippen LogP) is 3.97. The first kappa shape index (κ1) is 24.6. The van der Waals surface area contributed by atoms with E-state index < -0.39 is 0 Å². The van der Waals surface area contributed by atoms with Crippen molar-refractivity contribution in [1.82, 2.24) is 15.5 Å². The number of nitrogens with one attached hydrogen (secondary N) is 2. The Kier molecular flexibility index (Phi) is 10.8. The molecule has 166 valence electrons. The highest BCUT2D eigenvalue weighted by atomic mass is 35.5. The molecule has 0 aromatic heterocycles. The van der Waals surface area contributed by atoms with Gasteiger partial charge in [0.15, 0.2) is 0 Å². The molecule has 0 radical (unpaired) electrons. The van der Waals surface area contributed by atoms with Crippen LogP contribution in [0, 0.1) is 0 Å². The Balaban J connectivity index is 0.00000341. The van der Waals surface area contributed by atoms with Crippen LogP contribution in [0.1, 0.15) is 42.9 Å². The lowest BCUT2D eigenvalue weighted by molar-refractivity contribution is -0.126. The van der Waals surface area contributed by atoms with Crippen LogP contribution in [0.2, 0.25) is 0 Å². The second-order valence-corrected chi connectivity index (χ2v) is 7.60. The van der Waals surface area contributed by atoms with Crippen LogP contribution in [-0.2, 0) is 9.59 Å². The summed E-state index contributed by atoms with van der Waals surface area (Å²) in [6.07, 6.45) is 6.57. The Morgan fingerprint density at radius 3 is 2.32 bits per heavy atom. The van der Waals surface area contributed by atoms with Gasteiger partial charge in [-0.2, -0.15) is 0 Å². The summed E-state index contributed by atoms with van der Waals surface area (Å²) < 4.78 is 0. The van der Waals surface area contributed by atoms with Gasteiger partial charge in [-0.1, -0.05) is 60.7 Å². The monoisotopic (exact) mass is 441 g/mol. The lowest BCUT2D eigenvalue weighted by Gasteiger charge is -2.21. The van der Waals surface area contributed by atoms with Crippen molar-refractivity contribution in [2.75, 3.05) is 26.2 Å². The van der Waals surface area contributed by atoms with E-state index in [1.807, 2.05) is 59.5 Å². The van der Waals surface area contributed by atoms with Gasteiger partial charge in [-0.25, -0.2) is 0 Å². The van der Waals surface area contributed by atoms with E-state index in [-0.39, 0.29) is 30.3 Å². The molecule has 0 bridgehead atoms. The third-order valence-corrected chi connectivity index (χ3v) is 5.29. The van der Waals surface area contributed by atoms with Crippen molar-refractivity contribution in [3.63, 3.8) is 0 Å². The third-order valence-electron chi connectivity index (χ3n) is 5.29. The van der Waals surface area contributed by atoms with Gasteiger partial charge < -0.3 is 15.5 Å². The second-order valence-electron chi connectivity index (χ2n) is 7.60. The summed E-state index contributed by atoms with van der Waals surface area (Å²) in [5.41, 5.74) is 2.14. The van der Waals surface area contributed by atoms with Gasteiger partial charge in [0.05, 0.1) is 0 Å². The highest BCUT2D eigenvalue weighted by Gasteiger charge is 2.17. The van der Waals surface area contributed by atoms with Crippen LogP contribution in [0.3, 0.4) is 0 Å². The molecule has 5 nitrogen and oxygen atoms in total.